The molecule has 2 aromatic rings. The molecule has 0 saturated carbocycles. The van der Waals surface area contributed by atoms with E-state index in [1.165, 1.54) is 0 Å². The number of nitrogens with one attached hydrogen (secondary N) is 1. The quantitative estimate of drug-likeness (QED) is 0.925. The Kier molecular flexibility index (Phi) is 4.57. The summed E-state index contributed by atoms with van der Waals surface area (Å²) in [5, 5.41) is 3.12. The van der Waals surface area contributed by atoms with E-state index in [2.05, 4.69) is 5.32 Å². The number of fused-ring (bicyclic) bond motifs is 1. The molecule has 5 nitrogen and oxygen atoms in total. The van der Waals surface area contributed by atoms with E-state index in [-0.39, 0.29) is 5.91 Å². The number of amides is 1. The van der Waals surface area contributed by atoms with Crippen LogP contribution in [0.25, 0.3) is 0 Å². The van der Waals surface area contributed by atoms with E-state index in [9.17, 15) is 4.79 Å². The zero-order chi connectivity index (χ0) is 16.2. The molecule has 2 aromatic carbocycles. The van der Waals surface area contributed by atoms with Gasteiger partial charge in [0.2, 0.25) is 0 Å². The van der Waals surface area contributed by atoms with Gasteiger partial charge in [0.25, 0.3) is 5.91 Å². The van der Waals surface area contributed by atoms with Crippen molar-refractivity contribution in [2.24, 2.45) is 0 Å². The Hall–Kier alpha value is -2.40. The first kappa shape index (κ1) is 15.5. The molecule has 0 bridgehead atoms. The molecule has 23 heavy (non-hydrogen) atoms. The molecule has 0 aliphatic carbocycles. The van der Waals surface area contributed by atoms with E-state index < -0.39 is 0 Å². The smallest absolute Gasteiger partial charge is 0.257 e. The molecule has 0 saturated heterocycles. The number of benzene rings is 2. The lowest BCUT2D eigenvalue weighted by molar-refractivity contribution is 0.102. The summed E-state index contributed by atoms with van der Waals surface area (Å²) in [6.45, 7) is 3.39. The van der Waals surface area contributed by atoms with Crippen LogP contribution in [0.3, 0.4) is 0 Å². The highest BCUT2D eigenvalue weighted by atomic mass is 35.5. The van der Waals surface area contributed by atoms with Crippen LogP contribution < -0.4 is 19.5 Å². The Bertz CT molecular complexity index is 733. The van der Waals surface area contributed by atoms with E-state index >= 15 is 0 Å². The van der Waals surface area contributed by atoms with Crippen LogP contribution in [0.15, 0.2) is 36.4 Å². The first-order valence-corrected chi connectivity index (χ1v) is 7.68. The fourth-order valence-corrected chi connectivity index (χ4v) is 2.51. The summed E-state index contributed by atoms with van der Waals surface area (Å²) in [6, 6.07) is 10.4. The summed E-state index contributed by atoms with van der Waals surface area (Å²) in [5.41, 5.74) is 0.963. The molecule has 6 heteroatoms. The third-order valence-corrected chi connectivity index (χ3v) is 3.59. The van der Waals surface area contributed by atoms with Gasteiger partial charge in [0.15, 0.2) is 11.5 Å². The fraction of sp³-hybridized carbons (Fsp3) is 0.235. The normalized spacial score (nSPS) is 12.6. The van der Waals surface area contributed by atoms with Gasteiger partial charge >= 0.3 is 0 Å². The minimum absolute atomic E-state index is 0.313. The molecule has 0 atom stereocenters. The van der Waals surface area contributed by atoms with Crippen LogP contribution in [0.4, 0.5) is 5.69 Å². The number of carbonyl (C=O) groups excluding carboxylic acids is 1. The summed E-state index contributed by atoms with van der Waals surface area (Å²) in [7, 11) is 0. The largest absolute Gasteiger partial charge is 0.494 e. The fourth-order valence-electron chi connectivity index (χ4n) is 2.27. The van der Waals surface area contributed by atoms with E-state index in [0.29, 0.717) is 53.3 Å². The van der Waals surface area contributed by atoms with Crippen molar-refractivity contribution in [3.05, 3.63) is 47.0 Å². The van der Waals surface area contributed by atoms with Crippen molar-refractivity contribution in [2.75, 3.05) is 25.1 Å². The number of carbonyl (C=O) groups is 1. The van der Waals surface area contributed by atoms with E-state index in [4.69, 9.17) is 25.8 Å². The van der Waals surface area contributed by atoms with Crippen molar-refractivity contribution in [1.29, 1.82) is 0 Å². The number of hydrogen-bond donors (Lipinski definition) is 1. The Morgan fingerprint density at radius 3 is 2.70 bits per heavy atom. The summed E-state index contributed by atoms with van der Waals surface area (Å²) in [4.78, 5) is 12.5. The highest BCUT2D eigenvalue weighted by Crippen LogP contribution is 2.35. The van der Waals surface area contributed by atoms with E-state index in [1.807, 2.05) is 19.1 Å². The average Bonchev–Trinajstić information content (AvgIpc) is 2.55. The standard InChI is InChI=1S/C17H16ClNO4/c1-2-21-12-5-3-4-11(8-12)19-17(20)13-9-15-16(10-14(13)18)23-7-6-22-15/h3-5,8-10H,2,6-7H2,1H3,(H,19,20). The van der Waals surface area contributed by atoms with Gasteiger partial charge in [-0.3, -0.25) is 4.79 Å². The minimum Gasteiger partial charge on any atom is -0.494 e. The molecule has 0 unspecified atom stereocenters. The average molecular weight is 334 g/mol. The SMILES string of the molecule is CCOc1cccc(NC(=O)c2cc3c(cc2Cl)OCCO3)c1. The molecule has 1 N–H and O–H groups in total. The second kappa shape index (κ2) is 6.79. The molecule has 0 spiro atoms. The lowest BCUT2D eigenvalue weighted by Gasteiger charge is -2.19. The summed E-state index contributed by atoms with van der Waals surface area (Å²) in [6.07, 6.45) is 0. The van der Waals surface area contributed by atoms with Gasteiger partial charge in [-0.1, -0.05) is 17.7 Å². The van der Waals surface area contributed by atoms with Crippen LogP contribution in [0.5, 0.6) is 17.2 Å². The monoisotopic (exact) mass is 333 g/mol. The molecular formula is C17H16ClNO4. The van der Waals surface area contributed by atoms with Crippen molar-refractivity contribution in [3.8, 4) is 17.2 Å². The maximum absolute atomic E-state index is 12.5. The second-order valence-electron chi connectivity index (χ2n) is 4.89. The van der Waals surface area contributed by atoms with Crippen molar-refractivity contribution in [2.45, 2.75) is 6.92 Å². The Balaban J connectivity index is 1.82. The maximum atomic E-state index is 12.5. The van der Waals surface area contributed by atoms with Crippen LogP contribution in [-0.2, 0) is 0 Å². The number of hydrogen-bond acceptors (Lipinski definition) is 4. The number of rotatable bonds is 4. The Morgan fingerprint density at radius 1 is 1.22 bits per heavy atom. The third-order valence-electron chi connectivity index (χ3n) is 3.28. The molecule has 120 valence electrons. The predicted octanol–water partition coefficient (Wildman–Crippen LogP) is 3.76. The molecule has 1 heterocycles. The van der Waals surface area contributed by atoms with Crippen LogP contribution >= 0.6 is 11.6 Å². The molecule has 1 aliphatic heterocycles. The van der Waals surface area contributed by atoms with Gasteiger partial charge in [0, 0.05) is 17.8 Å². The molecule has 1 aliphatic rings. The van der Waals surface area contributed by atoms with Gasteiger partial charge in [0.1, 0.15) is 19.0 Å². The second-order valence-corrected chi connectivity index (χ2v) is 5.30. The zero-order valence-electron chi connectivity index (χ0n) is 12.6. The van der Waals surface area contributed by atoms with Gasteiger partial charge < -0.3 is 19.5 Å². The molecule has 1 amide bonds. The summed E-state index contributed by atoms with van der Waals surface area (Å²) in [5.74, 6) is 1.45. The number of anilines is 1. The highest BCUT2D eigenvalue weighted by molar-refractivity contribution is 6.34. The minimum atomic E-state index is -0.319. The highest BCUT2D eigenvalue weighted by Gasteiger charge is 2.19. The maximum Gasteiger partial charge on any atom is 0.257 e. The topological polar surface area (TPSA) is 56.8 Å². The van der Waals surface area contributed by atoms with E-state index in [0.717, 1.165) is 0 Å². The number of ether oxygens (including phenoxy) is 3. The Labute approximate surface area is 139 Å². The van der Waals surface area contributed by atoms with Crippen LogP contribution in [0.2, 0.25) is 5.02 Å². The van der Waals surface area contributed by atoms with Gasteiger partial charge in [-0.2, -0.15) is 0 Å². The van der Waals surface area contributed by atoms with Crippen LogP contribution in [0, 0.1) is 0 Å². The van der Waals surface area contributed by atoms with Crippen molar-refractivity contribution in [1.82, 2.24) is 0 Å². The zero-order valence-corrected chi connectivity index (χ0v) is 13.4. The molecule has 0 aromatic heterocycles. The molecular weight excluding hydrogens is 318 g/mol. The third kappa shape index (κ3) is 3.51. The number of halogens is 1. The summed E-state index contributed by atoms with van der Waals surface area (Å²) < 4.78 is 16.3. The first-order valence-electron chi connectivity index (χ1n) is 7.30. The van der Waals surface area contributed by atoms with E-state index in [1.54, 1.807) is 24.3 Å². The van der Waals surface area contributed by atoms with Crippen molar-refractivity contribution in [3.63, 3.8) is 0 Å². The van der Waals surface area contributed by atoms with Gasteiger partial charge in [-0.15, -0.1) is 0 Å². The predicted molar refractivity (Wildman–Crippen MR) is 88.0 cm³/mol. The van der Waals surface area contributed by atoms with Crippen LogP contribution in [-0.4, -0.2) is 25.7 Å². The molecule has 0 radical (unpaired) electrons. The lowest BCUT2D eigenvalue weighted by atomic mass is 10.1. The summed E-state index contributed by atoms with van der Waals surface area (Å²) >= 11 is 6.18. The van der Waals surface area contributed by atoms with Gasteiger partial charge in [-0.25, -0.2) is 0 Å². The molecule has 0 fully saturated rings. The van der Waals surface area contributed by atoms with Crippen molar-refractivity contribution >= 4 is 23.2 Å². The van der Waals surface area contributed by atoms with Gasteiger partial charge in [-0.05, 0) is 25.1 Å². The first-order chi connectivity index (χ1) is 11.2. The Morgan fingerprint density at radius 2 is 1.96 bits per heavy atom. The van der Waals surface area contributed by atoms with Gasteiger partial charge in [0.05, 0.1) is 17.2 Å². The molecule has 3 rings (SSSR count). The lowest BCUT2D eigenvalue weighted by Crippen LogP contribution is -2.17. The van der Waals surface area contributed by atoms with Crippen LogP contribution in [0.1, 0.15) is 17.3 Å². The van der Waals surface area contributed by atoms with Crippen molar-refractivity contribution < 1.29 is 19.0 Å².